The van der Waals surface area contributed by atoms with Crippen molar-refractivity contribution in [2.75, 3.05) is 13.1 Å². The maximum Gasteiger partial charge on any atom is 0.219 e. The first-order chi connectivity index (χ1) is 5.01. The summed E-state index contributed by atoms with van der Waals surface area (Å²) in [5, 5.41) is 9.60. The van der Waals surface area contributed by atoms with Crippen LogP contribution in [-0.2, 0) is 4.79 Å². The monoisotopic (exact) mass is 157 g/mol. The smallest absolute Gasteiger partial charge is 0.219 e. The molecule has 1 aliphatic rings. The molecule has 1 N–H and O–H groups in total. The molecule has 64 valence electrons. The Labute approximate surface area is 67.0 Å². The molecule has 0 aromatic carbocycles. The van der Waals surface area contributed by atoms with E-state index in [9.17, 15) is 9.90 Å². The van der Waals surface area contributed by atoms with Gasteiger partial charge in [0.15, 0.2) is 0 Å². The Bertz CT molecular complexity index is 165. The van der Waals surface area contributed by atoms with Crippen LogP contribution in [0.5, 0.6) is 0 Å². The Hall–Kier alpha value is -0.570. The third kappa shape index (κ3) is 2.19. The number of carbonyl (C=O) groups is 1. The molecule has 0 aromatic heterocycles. The number of likely N-dealkylation sites (tertiary alicyclic amines) is 1. The van der Waals surface area contributed by atoms with E-state index in [0.717, 1.165) is 19.4 Å². The molecule has 1 fully saturated rings. The molecule has 0 aliphatic carbocycles. The fourth-order valence-electron chi connectivity index (χ4n) is 1.49. The van der Waals surface area contributed by atoms with Crippen molar-refractivity contribution >= 4 is 5.91 Å². The number of hydrogen-bond acceptors (Lipinski definition) is 2. The minimum absolute atomic E-state index is 0.0602. The van der Waals surface area contributed by atoms with Crippen molar-refractivity contribution in [1.29, 1.82) is 0 Å². The van der Waals surface area contributed by atoms with Gasteiger partial charge in [0, 0.05) is 20.0 Å². The van der Waals surface area contributed by atoms with Crippen LogP contribution in [0.15, 0.2) is 0 Å². The van der Waals surface area contributed by atoms with Gasteiger partial charge in [-0.2, -0.15) is 0 Å². The summed E-state index contributed by atoms with van der Waals surface area (Å²) >= 11 is 0. The summed E-state index contributed by atoms with van der Waals surface area (Å²) in [7, 11) is 0. The van der Waals surface area contributed by atoms with Crippen molar-refractivity contribution in [2.24, 2.45) is 0 Å². The molecule has 11 heavy (non-hydrogen) atoms. The van der Waals surface area contributed by atoms with Crippen LogP contribution in [0.2, 0.25) is 0 Å². The van der Waals surface area contributed by atoms with E-state index in [1.165, 1.54) is 0 Å². The van der Waals surface area contributed by atoms with Gasteiger partial charge in [-0.1, -0.05) is 0 Å². The Morgan fingerprint density at radius 1 is 1.64 bits per heavy atom. The standard InChI is InChI=1S/C8H15NO2/c1-7(10)9-5-3-4-8(2,11)6-9/h11H,3-6H2,1-2H3. The highest BCUT2D eigenvalue weighted by molar-refractivity contribution is 5.73. The molecule has 1 rings (SSSR count). The van der Waals surface area contributed by atoms with Crippen molar-refractivity contribution in [3.8, 4) is 0 Å². The van der Waals surface area contributed by atoms with Gasteiger partial charge in [-0.3, -0.25) is 4.79 Å². The third-order valence-corrected chi connectivity index (χ3v) is 2.12. The van der Waals surface area contributed by atoms with Crippen molar-refractivity contribution in [3.63, 3.8) is 0 Å². The lowest BCUT2D eigenvalue weighted by Gasteiger charge is -2.36. The molecule has 0 radical (unpaired) electrons. The Balaban J connectivity index is 2.53. The Morgan fingerprint density at radius 3 is 2.64 bits per heavy atom. The molecule has 0 bridgehead atoms. The third-order valence-electron chi connectivity index (χ3n) is 2.12. The highest BCUT2D eigenvalue weighted by atomic mass is 16.3. The lowest BCUT2D eigenvalue weighted by atomic mass is 9.95. The lowest BCUT2D eigenvalue weighted by Crippen LogP contribution is -2.47. The van der Waals surface area contributed by atoms with Gasteiger partial charge in [0.2, 0.25) is 5.91 Å². The van der Waals surface area contributed by atoms with Crippen LogP contribution in [0, 0.1) is 0 Å². The summed E-state index contributed by atoms with van der Waals surface area (Å²) in [6.07, 6.45) is 1.71. The molecular formula is C8H15NO2. The highest BCUT2D eigenvalue weighted by Crippen LogP contribution is 2.19. The van der Waals surface area contributed by atoms with E-state index in [4.69, 9.17) is 0 Å². The van der Waals surface area contributed by atoms with E-state index in [-0.39, 0.29) is 5.91 Å². The molecule has 1 atom stereocenters. The van der Waals surface area contributed by atoms with Crippen LogP contribution >= 0.6 is 0 Å². The van der Waals surface area contributed by atoms with Crippen LogP contribution in [0.4, 0.5) is 0 Å². The average Bonchev–Trinajstić information content (AvgIpc) is 1.85. The molecule has 1 heterocycles. The number of piperidine rings is 1. The normalized spacial score (nSPS) is 32.1. The second-order valence-corrected chi connectivity index (χ2v) is 3.54. The van der Waals surface area contributed by atoms with Gasteiger partial charge in [0.05, 0.1) is 5.60 Å². The van der Waals surface area contributed by atoms with Gasteiger partial charge in [-0.25, -0.2) is 0 Å². The van der Waals surface area contributed by atoms with E-state index < -0.39 is 5.60 Å². The van der Waals surface area contributed by atoms with E-state index in [1.54, 1.807) is 18.7 Å². The molecule has 1 unspecified atom stereocenters. The Kier molecular flexibility index (Phi) is 2.18. The summed E-state index contributed by atoms with van der Waals surface area (Å²) in [6, 6.07) is 0. The summed E-state index contributed by atoms with van der Waals surface area (Å²) in [5.41, 5.74) is -0.663. The summed E-state index contributed by atoms with van der Waals surface area (Å²) in [4.78, 5) is 12.6. The van der Waals surface area contributed by atoms with Crippen molar-refractivity contribution in [2.45, 2.75) is 32.3 Å². The van der Waals surface area contributed by atoms with E-state index in [2.05, 4.69) is 0 Å². The molecule has 3 nitrogen and oxygen atoms in total. The van der Waals surface area contributed by atoms with Crippen LogP contribution in [-0.4, -0.2) is 34.6 Å². The summed E-state index contributed by atoms with van der Waals surface area (Å²) in [6.45, 7) is 4.61. The predicted octanol–water partition coefficient (Wildman–Crippen LogP) is 0.380. The van der Waals surface area contributed by atoms with Crippen LogP contribution < -0.4 is 0 Å². The van der Waals surface area contributed by atoms with E-state index in [0.29, 0.717) is 6.54 Å². The fraction of sp³-hybridized carbons (Fsp3) is 0.875. The maximum atomic E-state index is 10.9. The van der Waals surface area contributed by atoms with Crippen molar-refractivity contribution < 1.29 is 9.90 Å². The first-order valence-corrected chi connectivity index (χ1v) is 3.99. The molecule has 0 spiro atoms. The number of rotatable bonds is 0. The number of aliphatic hydroxyl groups is 1. The molecule has 1 amide bonds. The quantitative estimate of drug-likeness (QED) is 0.552. The minimum Gasteiger partial charge on any atom is -0.388 e. The highest BCUT2D eigenvalue weighted by Gasteiger charge is 2.29. The van der Waals surface area contributed by atoms with Crippen molar-refractivity contribution in [3.05, 3.63) is 0 Å². The summed E-state index contributed by atoms with van der Waals surface area (Å²) in [5.74, 6) is 0.0602. The van der Waals surface area contributed by atoms with Gasteiger partial charge >= 0.3 is 0 Å². The molecule has 3 heteroatoms. The number of amides is 1. The first-order valence-electron chi connectivity index (χ1n) is 3.99. The van der Waals surface area contributed by atoms with Gasteiger partial charge in [0.25, 0.3) is 0 Å². The largest absolute Gasteiger partial charge is 0.388 e. The number of carbonyl (C=O) groups excluding carboxylic acids is 1. The van der Waals surface area contributed by atoms with Crippen molar-refractivity contribution in [1.82, 2.24) is 4.90 Å². The van der Waals surface area contributed by atoms with Gasteiger partial charge in [-0.05, 0) is 19.8 Å². The maximum absolute atomic E-state index is 10.9. The molecular weight excluding hydrogens is 142 g/mol. The van der Waals surface area contributed by atoms with Gasteiger partial charge < -0.3 is 10.0 Å². The minimum atomic E-state index is -0.663. The molecule has 1 aliphatic heterocycles. The van der Waals surface area contributed by atoms with E-state index >= 15 is 0 Å². The number of hydrogen-bond donors (Lipinski definition) is 1. The van der Waals surface area contributed by atoms with Crippen LogP contribution in [0.25, 0.3) is 0 Å². The molecule has 0 aromatic rings. The molecule has 0 saturated carbocycles. The van der Waals surface area contributed by atoms with Crippen LogP contribution in [0.3, 0.4) is 0 Å². The topological polar surface area (TPSA) is 40.5 Å². The van der Waals surface area contributed by atoms with E-state index in [1.807, 2.05) is 0 Å². The second kappa shape index (κ2) is 2.81. The zero-order valence-electron chi connectivity index (χ0n) is 7.13. The average molecular weight is 157 g/mol. The Morgan fingerprint density at radius 2 is 2.27 bits per heavy atom. The zero-order valence-corrected chi connectivity index (χ0v) is 7.13. The van der Waals surface area contributed by atoms with Crippen LogP contribution in [0.1, 0.15) is 26.7 Å². The summed E-state index contributed by atoms with van der Waals surface area (Å²) < 4.78 is 0. The predicted molar refractivity (Wildman–Crippen MR) is 42.1 cm³/mol. The SMILES string of the molecule is CC(=O)N1CCCC(C)(O)C1. The lowest BCUT2D eigenvalue weighted by molar-refractivity contribution is -0.135. The fourth-order valence-corrected chi connectivity index (χ4v) is 1.49. The van der Waals surface area contributed by atoms with Gasteiger partial charge in [0.1, 0.15) is 0 Å². The number of nitrogens with zero attached hydrogens (tertiary/aromatic N) is 1. The second-order valence-electron chi connectivity index (χ2n) is 3.54. The zero-order chi connectivity index (χ0) is 8.48. The van der Waals surface area contributed by atoms with Gasteiger partial charge in [-0.15, -0.1) is 0 Å². The molecule has 1 saturated heterocycles. The first kappa shape index (κ1) is 8.53. The number of β-amino-alcohol motifs (C(OH)–C–C–N with tert-alkyl or cyclic N) is 1.